The van der Waals surface area contributed by atoms with Crippen LogP contribution in [0.4, 0.5) is 0 Å². The van der Waals surface area contributed by atoms with E-state index in [0.29, 0.717) is 68.9 Å². The number of carbonyl (C=O) groups is 4. The molecule has 21 heteroatoms. The maximum absolute atomic E-state index is 10.6. The summed E-state index contributed by atoms with van der Waals surface area (Å²) in [6.45, 7) is 0. The summed E-state index contributed by atoms with van der Waals surface area (Å²) in [4.78, 5) is 84.8. The van der Waals surface area contributed by atoms with E-state index in [9.17, 15) is 19.2 Å². The summed E-state index contributed by atoms with van der Waals surface area (Å²) in [6.07, 6.45) is 7.45. The fraction of sp³-hybridized carbons (Fsp3) is 0.0625. The van der Waals surface area contributed by atoms with E-state index in [0.717, 1.165) is 64.1 Å². The van der Waals surface area contributed by atoms with Crippen molar-refractivity contribution in [1.29, 1.82) is 0 Å². The molecule has 5 aliphatic rings. The normalized spacial score (nSPS) is 13.0. The van der Waals surface area contributed by atoms with Crippen LogP contribution >= 0.6 is 47.0 Å². The molecular weight excluding hydrogens is 1200 g/mol. The zero-order valence-corrected chi connectivity index (χ0v) is 49.6. The van der Waals surface area contributed by atoms with Gasteiger partial charge in [-0.3, -0.25) is 0 Å². The Morgan fingerprint density at radius 3 is 0.494 bits per heavy atom. The molecule has 0 aliphatic carbocycles. The number of aliphatic imine (C=N–C) groups is 8. The van der Waals surface area contributed by atoms with Crippen LogP contribution < -0.4 is 0 Å². The van der Waals surface area contributed by atoms with Gasteiger partial charge >= 0.3 is 23.9 Å². The van der Waals surface area contributed by atoms with Gasteiger partial charge in [0.25, 0.3) is 0 Å². The zero-order valence-electron chi connectivity index (χ0n) is 45.4. The van der Waals surface area contributed by atoms with Gasteiger partial charge in [0, 0.05) is 81.2 Å². The second-order valence-electron chi connectivity index (χ2n) is 17.7. The van der Waals surface area contributed by atoms with E-state index < -0.39 is 23.9 Å². The molecule has 1 radical (unpaired) electrons. The van der Waals surface area contributed by atoms with Crippen LogP contribution in [0.2, 0.25) is 0 Å². The van der Waals surface area contributed by atoms with Gasteiger partial charge in [0.05, 0.1) is 22.3 Å². The Bertz CT molecular complexity index is 3650. The number of nitrogens with zero attached hydrogens (tertiary/aromatic N) is 8. The van der Waals surface area contributed by atoms with E-state index in [1.165, 1.54) is 47.0 Å². The predicted molar refractivity (Wildman–Crippen MR) is 339 cm³/mol. The summed E-state index contributed by atoms with van der Waals surface area (Å²) in [5.41, 5.74) is 8.65. The molecule has 8 aromatic carbocycles. The van der Waals surface area contributed by atoms with Crippen molar-refractivity contribution >= 4 is 118 Å². The topological polar surface area (TPSA) is 248 Å². The number of benzene rings is 8. The van der Waals surface area contributed by atoms with E-state index in [-0.39, 0.29) is 17.1 Å². The molecule has 5 aliphatic heterocycles. The minimum atomic E-state index is -0.866. The monoisotopic (exact) mass is 1250 g/mol. The van der Waals surface area contributed by atoms with Gasteiger partial charge < -0.3 is 20.4 Å². The van der Waals surface area contributed by atoms with E-state index in [4.69, 9.17) is 60.4 Å². The van der Waals surface area contributed by atoms with Gasteiger partial charge in [-0.05, 0) is 73.6 Å². The van der Waals surface area contributed by atoms with Gasteiger partial charge in [0.15, 0.2) is 46.7 Å². The van der Waals surface area contributed by atoms with Gasteiger partial charge in [-0.2, -0.15) is 0 Å². The number of carboxylic acid groups (broad SMARTS) is 4. The number of thioether (sulfide) groups is 4. The second kappa shape index (κ2) is 28.9. The molecule has 0 atom stereocenters. The van der Waals surface area contributed by atoms with Crippen LogP contribution in [0.25, 0.3) is 0 Å². The molecule has 4 N–H and O–H groups in total. The van der Waals surface area contributed by atoms with Crippen LogP contribution in [0.5, 0.6) is 0 Å². The maximum atomic E-state index is 10.6. The first-order valence-electron chi connectivity index (χ1n) is 25.4. The van der Waals surface area contributed by atoms with Crippen molar-refractivity contribution in [3.63, 3.8) is 0 Å². The Hall–Kier alpha value is -9.08. The summed E-state index contributed by atoms with van der Waals surface area (Å²) in [5, 5.41) is 34.7. The third-order valence-corrected chi connectivity index (χ3v) is 15.9. The van der Waals surface area contributed by atoms with Crippen molar-refractivity contribution < 1.29 is 56.7 Å². The number of aromatic carboxylic acids is 4. The van der Waals surface area contributed by atoms with Crippen LogP contribution in [0.15, 0.2) is 254 Å². The largest absolute Gasteiger partial charge is 0.478 e. The number of rotatable bonds is 8. The number of hydrogen-bond donors (Lipinski definition) is 4. The predicted octanol–water partition coefficient (Wildman–Crippen LogP) is 13.3. The molecule has 0 aromatic heterocycles. The molecule has 8 aromatic rings. The summed E-state index contributed by atoms with van der Waals surface area (Å²) >= 11 is 5.77. The molecule has 0 spiro atoms. The minimum absolute atomic E-state index is 0. The van der Waals surface area contributed by atoms with E-state index in [2.05, 4.69) is 0 Å². The molecule has 5 heterocycles. The van der Waals surface area contributed by atoms with Crippen LogP contribution in [-0.2, 0) is 17.1 Å². The molecule has 427 valence electrons. The molecule has 85 heavy (non-hydrogen) atoms. The van der Waals surface area contributed by atoms with Crippen LogP contribution in [0, 0.1) is 0 Å². The first-order valence-corrected chi connectivity index (χ1v) is 30.3. The molecule has 0 saturated carbocycles. The molecule has 8 bridgehead atoms. The van der Waals surface area contributed by atoms with E-state index >= 15 is 0 Å². The quantitative estimate of drug-likeness (QED) is 0.0819. The van der Waals surface area contributed by atoms with Crippen molar-refractivity contribution in [2.24, 2.45) is 39.9 Å². The Morgan fingerprint density at radius 1 is 0.247 bits per heavy atom. The molecule has 16 nitrogen and oxygen atoms in total. The number of carboxylic acids is 4. The summed E-state index contributed by atoms with van der Waals surface area (Å²) in [5.74, 6) is 0.953. The number of fused-ring (bicyclic) bond motifs is 16. The SMILES string of the molecule is CSc1ccccc1C(=O)O.CSc1ccccc1C(=O)O.CSc1ccccc1C(=O)O.CSc1ccccc1C(=O)O.[Cu].c1ccc2c(c1)C1=NC2=NC2=NC(=NC3=NC(=NC4=NC(=N1)c1ccccc14)c1ccccc13)c1ccccc12. The van der Waals surface area contributed by atoms with Crippen molar-refractivity contribution in [1.82, 2.24) is 0 Å². The molecule has 0 unspecified atom stereocenters. The second-order valence-corrected chi connectivity index (χ2v) is 21.1. The minimum Gasteiger partial charge on any atom is -0.478 e. The molecular formula is C64H48CuN8O8S4. The molecule has 0 saturated heterocycles. The number of hydrogen-bond acceptors (Lipinski definition) is 16. The third kappa shape index (κ3) is 14.3. The fourth-order valence-corrected chi connectivity index (χ4v) is 11.1. The Kier molecular flexibility index (Phi) is 21.1. The van der Waals surface area contributed by atoms with Gasteiger partial charge in [-0.15, -0.1) is 47.0 Å². The Morgan fingerprint density at radius 2 is 0.376 bits per heavy atom. The number of amidine groups is 8. The van der Waals surface area contributed by atoms with Crippen molar-refractivity contribution in [3.05, 3.63) is 261 Å². The fourth-order valence-electron chi connectivity index (χ4n) is 8.74. The van der Waals surface area contributed by atoms with Crippen molar-refractivity contribution in [2.45, 2.75) is 19.6 Å². The maximum Gasteiger partial charge on any atom is 0.336 e. The smallest absolute Gasteiger partial charge is 0.336 e. The average Bonchev–Trinajstić information content (AvgIpc) is 1.92. The Labute approximate surface area is 516 Å². The first-order chi connectivity index (χ1) is 40.8. The summed E-state index contributed by atoms with van der Waals surface area (Å²) in [7, 11) is 0. The van der Waals surface area contributed by atoms with Crippen LogP contribution in [0.3, 0.4) is 0 Å². The summed E-state index contributed by atoms with van der Waals surface area (Å²) < 4.78 is 0. The van der Waals surface area contributed by atoms with Gasteiger partial charge in [-0.1, -0.05) is 146 Å². The molecule has 0 amide bonds. The third-order valence-electron chi connectivity index (χ3n) is 12.7. The van der Waals surface area contributed by atoms with Crippen molar-refractivity contribution in [2.75, 3.05) is 25.0 Å². The van der Waals surface area contributed by atoms with Gasteiger partial charge in [0.2, 0.25) is 0 Å². The van der Waals surface area contributed by atoms with Crippen molar-refractivity contribution in [3.8, 4) is 0 Å². The zero-order chi connectivity index (χ0) is 59.3. The van der Waals surface area contributed by atoms with E-state index in [1.807, 2.05) is 146 Å². The summed E-state index contributed by atoms with van der Waals surface area (Å²) in [6, 6.07) is 59.7. The van der Waals surface area contributed by atoms with Crippen LogP contribution in [-0.4, -0.2) is 116 Å². The van der Waals surface area contributed by atoms with E-state index in [1.54, 1.807) is 72.8 Å². The first kappa shape index (κ1) is 62.0. The molecule has 0 fully saturated rings. The Balaban J connectivity index is 0.000000170. The standard InChI is InChI=1S/C32H16N8.4C8H8O2S.Cu/c1-2-10-18-17(9-1)25-33-26(18)38-28-21-13-5-6-14-22(21)30(35-28)40-32-24-16-8-7-15-23(24)31(36-32)39-29-20-12-4-3-11-19(20)27(34-29)37-25;4*1-11-7-5-3-2-4-6(7)8(9)10;/h1-16H;4*2-5H,1H3,(H,9,10);. The van der Waals surface area contributed by atoms with Gasteiger partial charge in [-0.25, -0.2) is 59.1 Å². The van der Waals surface area contributed by atoms with Gasteiger partial charge in [0.1, 0.15) is 0 Å². The van der Waals surface area contributed by atoms with Crippen LogP contribution in [0.1, 0.15) is 85.9 Å². The average molecular weight is 1250 g/mol. The molecule has 13 rings (SSSR count).